The van der Waals surface area contributed by atoms with Crippen molar-refractivity contribution in [3.63, 3.8) is 0 Å². The largest absolute Gasteiger partial charge is 0.467 e. The summed E-state index contributed by atoms with van der Waals surface area (Å²) in [6, 6.07) is -2.05. The maximum absolute atomic E-state index is 12.6. The fraction of sp³-hybridized carbons (Fsp3) is 0.818. The number of nitrogens with zero attached hydrogens (tertiary/aromatic N) is 2. The van der Waals surface area contributed by atoms with Crippen LogP contribution in [0.1, 0.15) is 40.5 Å². The second kappa shape index (κ2) is 14.6. The summed E-state index contributed by atoms with van der Waals surface area (Å²) < 4.78 is 9.60. The van der Waals surface area contributed by atoms with E-state index < -0.39 is 30.1 Å². The molecule has 1 saturated heterocycles. The van der Waals surface area contributed by atoms with Gasteiger partial charge in [0.1, 0.15) is 12.1 Å². The highest BCUT2D eigenvalue weighted by atomic mass is 16.5. The van der Waals surface area contributed by atoms with Gasteiger partial charge < -0.3 is 30.3 Å². The molecule has 0 aromatic heterocycles. The van der Waals surface area contributed by atoms with E-state index in [4.69, 9.17) is 9.47 Å². The smallest absolute Gasteiger partial charge is 0.328 e. The first kappa shape index (κ1) is 28.5. The van der Waals surface area contributed by atoms with Crippen molar-refractivity contribution in [2.75, 3.05) is 53.5 Å². The molecule has 1 aliphatic rings. The van der Waals surface area contributed by atoms with Gasteiger partial charge in [-0.15, -0.1) is 0 Å². The van der Waals surface area contributed by atoms with E-state index in [0.29, 0.717) is 39.3 Å². The highest BCUT2D eigenvalue weighted by molar-refractivity contribution is 5.84. The van der Waals surface area contributed by atoms with Crippen molar-refractivity contribution >= 4 is 24.0 Å². The van der Waals surface area contributed by atoms with Crippen LogP contribution in [0, 0.1) is 11.8 Å². The third-order valence-corrected chi connectivity index (χ3v) is 6.27. The number of piperazine rings is 1. The van der Waals surface area contributed by atoms with Crippen molar-refractivity contribution in [3.8, 4) is 0 Å². The first-order valence-electron chi connectivity index (χ1n) is 11.7. The lowest BCUT2D eigenvalue weighted by Gasteiger charge is -2.35. The van der Waals surface area contributed by atoms with Crippen molar-refractivity contribution in [2.24, 2.45) is 11.8 Å². The Morgan fingerprint density at radius 2 is 1.30 bits per heavy atom. The molecular formula is C22H41N5O6. The molecule has 1 rings (SSSR count). The zero-order chi connectivity index (χ0) is 25.0. The number of esters is 2. The predicted molar refractivity (Wildman–Crippen MR) is 124 cm³/mol. The molecule has 0 bridgehead atoms. The molecule has 190 valence electrons. The van der Waals surface area contributed by atoms with Crippen molar-refractivity contribution in [3.05, 3.63) is 0 Å². The molecular weight excluding hydrogens is 430 g/mol. The minimum absolute atomic E-state index is 0.0287. The van der Waals surface area contributed by atoms with Gasteiger partial charge in [-0.3, -0.25) is 4.90 Å². The topological polar surface area (TPSA) is 129 Å². The lowest BCUT2D eigenvalue weighted by atomic mass is 9.99. The maximum Gasteiger partial charge on any atom is 0.328 e. The highest BCUT2D eigenvalue weighted by Crippen LogP contribution is 2.11. The van der Waals surface area contributed by atoms with E-state index in [1.165, 1.54) is 14.2 Å². The van der Waals surface area contributed by atoms with E-state index in [-0.39, 0.29) is 17.9 Å². The molecule has 4 amide bonds. The molecule has 33 heavy (non-hydrogen) atoms. The van der Waals surface area contributed by atoms with Crippen LogP contribution in [0.4, 0.5) is 9.59 Å². The van der Waals surface area contributed by atoms with Crippen LogP contribution in [0.2, 0.25) is 0 Å². The summed E-state index contributed by atoms with van der Waals surface area (Å²) in [4.78, 5) is 52.5. The van der Waals surface area contributed by atoms with E-state index >= 15 is 0 Å². The molecule has 11 nitrogen and oxygen atoms in total. The predicted octanol–water partition coefficient (Wildman–Crippen LogP) is 0.788. The number of rotatable bonds is 11. The molecule has 0 radical (unpaired) electrons. The van der Waals surface area contributed by atoms with Crippen LogP contribution in [0.3, 0.4) is 0 Å². The summed E-state index contributed by atoms with van der Waals surface area (Å²) in [5.41, 5.74) is 0. The summed E-state index contributed by atoms with van der Waals surface area (Å²) in [5, 5.41) is 8.25. The summed E-state index contributed by atoms with van der Waals surface area (Å²) in [5.74, 6) is -0.972. The zero-order valence-corrected chi connectivity index (χ0v) is 20.8. The van der Waals surface area contributed by atoms with E-state index in [1.54, 1.807) is 4.90 Å². The number of carbonyl (C=O) groups excluding carboxylic acids is 4. The number of urea groups is 2. The second-order valence-corrected chi connectivity index (χ2v) is 8.45. The lowest BCUT2D eigenvalue weighted by molar-refractivity contribution is -0.145. The van der Waals surface area contributed by atoms with Crippen molar-refractivity contribution < 1.29 is 28.7 Å². The van der Waals surface area contributed by atoms with Gasteiger partial charge >= 0.3 is 24.0 Å². The number of methoxy groups -OCH3 is 2. The Hall–Kier alpha value is -2.56. The van der Waals surface area contributed by atoms with Gasteiger partial charge in [0.15, 0.2) is 0 Å². The summed E-state index contributed by atoms with van der Waals surface area (Å²) in [6.07, 6.45) is 1.47. The number of carbonyl (C=O) groups is 4. The molecule has 0 aromatic carbocycles. The molecule has 1 aliphatic heterocycles. The molecule has 1 heterocycles. The fourth-order valence-corrected chi connectivity index (χ4v) is 3.51. The fourth-order valence-electron chi connectivity index (χ4n) is 3.51. The van der Waals surface area contributed by atoms with Gasteiger partial charge in [0, 0.05) is 39.3 Å². The van der Waals surface area contributed by atoms with Gasteiger partial charge in [-0.1, -0.05) is 40.5 Å². The molecule has 2 unspecified atom stereocenters. The average molecular weight is 472 g/mol. The van der Waals surface area contributed by atoms with Crippen LogP contribution < -0.4 is 16.0 Å². The Morgan fingerprint density at radius 1 is 0.818 bits per heavy atom. The molecule has 3 N–H and O–H groups in total. The maximum atomic E-state index is 12.6. The molecule has 0 saturated carbocycles. The highest BCUT2D eigenvalue weighted by Gasteiger charge is 2.30. The van der Waals surface area contributed by atoms with Gasteiger partial charge in [-0.25, -0.2) is 19.2 Å². The number of amides is 4. The first-order valence-corrected chi connectivity index (χ1v) is 11.7. The molecule has 0 aromatic rings. The minimum Gasteiger partial charge on any atom is -0.467 e. The molecule has 1 fully saturated rings. The monoisotopic (exact) mass is 471 g/mol. The van der Waals surface area contributed by atoms with Gasteiger partial charge in [0.05, 0.1) is 14.2 Å². The molecule has 11 heteroatoms. The average Bonchev–Trinajstić information content (AvgIpc) is 2.84. The van der Waals surface area contributed by atoms with E-state index in [9.17, 15) is 19.2 Å². The third-order valence-electron chi connectivity index (χ3n) is 6.27. The normalized spacial score (nSPS) is 17.8. The van der Waals surface area contributed by atoms with Gasteiger partial charge in [-0.2, -0.15) is 0 Å². The Kier molecular flexibility index (Phi) is 12.6. The third kappa shape index (κ3) is 9.07. The number of hydrogen-bond donors (Lipinski definition) is 3. The van der Waals surface area contributed by atoms with Crippen LogP contribution in [-0.4, -0.2) is 99.4 Å². The number of ether oxygens (including phenoxy) is 2. The Morgan fingerprint density at radius 3 is 1.76 bits per heavy atom. The van der Waals surface area contributed by atoms with Gasteiger partial charge in [-0.05, 0) is 11.8 Å². The van der Waals surface area contributed by atoms with Gasteiger partial charge in [0.25, 0.3) is 0 Å². The minimum atomic E-state index is -0.689. The van der Waals surface area contributed by atoms with Crippen LogP contribution in [0.5, 0.6) is 0 Å². The van der Waals surface area contributed by atoms with Crippen LogP contribution >= 0.6 is 0 Å². The summed E-state index contributed by atoms with van der Waals surface area (Å²) in [7, 11) is 2.62. The van der Waals surface area contributed by atoms with E-state index in [0.717, 1.165) is 12.8 Å². The number of nitrogens with one attached hydrogen (secondary N) is 3. The van der Waals surface area contributed by atoms with Crippen molar-refractivity contribution in [1.82, 2.24) is 25.8 Å². The second-order valence-electron chi connectivity index (χ2n) is 8.45. The quantitative estimate of drug-likeness (QED) is 0.380. The van der Waals surface area contributed by atoms with E-state index in [1.807, 2.05) is 27.7 Å². The zero-order valence-electron chi connectivity index (χ0n) is 20.8. The SMILES string of the molecule is CCC(C)[C@H](NC(=O)NCCN1CCN(C(=O)N[C@H](C(=O)OC)C(C)CC)CC1)C(=O)OC. The first-order chi connectivity index (χ1) is 15.7. The molecule has 0 spiro atoms. The van der Waals surface area contributed by atoms with Crippen LogP contribution in [0.25, 0.3) is 0 Å². The Labute approximate surface area is 196 Å². The van der Waals surface area contributed by atoms with Crippen LogP contribution in [-0.2, 0) is 19.1 Å². The van der Waals surface area contributed by atoms with Gasteiger partial charge in [0.2, 0.25) is 0 Å². The molecule has 0 aliphatic carbocycles. The van der Waals surface area contributed by atoms with Crippen molar-refractivity contribution in [1.29, 1.82) is 0 Å². The summed E-state index contributed by atoms with van der Waals surface area (Å²) in [6.45, 7) is 11.1. The molecule has 4 atom stereocenters. The van der Waals surface area contributed by atoms with Crippen molar-refractivity contribution in [2.45, 2.75) is 52.6 Å². The standard InChI is InChI=1S/C22H41N5O6/c1-7-15(3)17(19(28)32-5)24-21(30)23-9-10-26-11-13-27(14-12-26)22(31)25-18(16(4)8-2)20(29)33-6/h15-18H,7-14H2,1-6H3,(H,25,31)(H2,23,24,30)/t15?,16?,17-,18-/m0/s1. The van der Waals surface area contributed by atoms with E-state index in [2.05, 4.69) is 20.9 Å². The Bertz CT molecular complexity index is 650. The Balaban J connectivity index is 2.42. The number of hydrogen-bond acceptors (Lipinski definition) is 7. The summed E-state index contributed by atoms with van der Waals surface area (Å²) >= 11 is 0. The van der Waals surface area contributed by atoms with Crippen LogP contribution in [0.15, 0.2) is 0 Å². The lowest BCUT2D eigenvalue weighted by Crippen LogP contribution is -2.56.